The van der Waals surface area contributed by atoms with Crippen LogP contribution in [0.25, 0.3) is 5.69 Å². The Morgan fingerprint density at radius 2 is 1.91 bits per heavy atom. The molecule has 0 atom stereocenters. The largest absolute Gasteiger partial charge is 0.326 e. The summed E-state index contributed by atoms with van der Waals surface area (Å²) in [5, 5.41) is 25.1. The van der Waals surface area contributed by atoms with Crippen molar-refractivity contribution in [2.24, 2.45) is 0 Å². The van der Waals surface area contributed by atoms with Gasteiger partial charge in [-0.3, -0.25) is 4.79 Å². The van der Waals surface area contributed by atoms with Crippen molar-refractivity contribution in [1.29, 1.82) is 5.26 Å². The number of rotatable bonds is 7. The van der Waals surface area contributed by atoms with E-state index in [9.17, 15) is 10.1 Å². The highest BCUT2D eigenvalue weighted by Gasteiger charge is 2.20. The molecule has 0 unspecified atom stereocenters. The first-order chi connectivity index (χ1) is 16.0. The molecule has 0 fully saturated rings. The van der Waals surface area contributed by atoms with Gasteiger partial charge in [-0.15, -0.1) is 5.10 Å². The lowest BCUT2D eigenvalue weighted by molar-refractivity contribution is -0.113. The van der Waals surface area contributed by atoms with Gasteiger partial charge in [0, 0.05) is 12.2 Å². The second-order valence-corrected chi connectivity index (χ2v) is 8.61. The van der Waals surface area contributed by atoms with E-state index in [0.717, 1.165) is 28.1 Å². The minimum Gasteiger partial charge on any atom is -0.326 e. The van der Waals surface area contributed by atoms with Crippen molar-refractivity contribution in [3.05, 3.63) is 82.5 Å². The third kappa shape index (κ3) is 4.81. The van der Waals surface area contributed by atoms with E-state index >= 15 is 0 Å². The number of carbonyl (C=O) groups is 1. The fourth-order valence-electron chi connectivity index (χ4n) is 3.58. The van der Waals surface area contributed by atoms with E-state index in [0.29, 0.717) is 23.1 Å². The van der Waals surface area contributed by atoms with Crippen molar-refractivity contribution in [1.82, 2.24) is 24.8 Å². The van der Waals surface area contributed by atoms with E-state index in [1.165, 1.54) is 11.8 Å². The number of carbonyl (C=O) groups excluding carboxylic acids is 1. The maximum atomic E-state index is 12.9. The Hall–Kier alpha value is -3.90. The van der Waals surface area contributed by atoms with Crippen molar-refractivity contribution in [3.8, 4) is 11.8 Å². The van der Waals surface area contributed by atoms with Gasteiger partial charge in [-0.05, 0) is 60.0 Å². The predicted octanol–water partition coefficient (Wildman–Crippen LogP) is 4.04. The number of tetrazole rings is 1. The SMILES string of the molecule is Cc1cccc(-n2nnnc2SCC(=O)Nc2c(C#N)c(C)c(C)n2Cc2ccccc2)c1. The summed E-state index contributed by atoms with van der Waals surface area (Å²) in [6.45, 7) is 6.41. The van der Waals surface area contributed by atoms with Crippen LogP contribution in [0.2, 0.25) is 0 Å². The van der Waals surface area contributed by atoms with E-state index in [-0.39, 0.29) is 11.7 Å². The number of aryl methyl sites for hydroxylation is 1. The van der Waals surface area contributed by atoms with Crippen molar-refractivity contribution >= 4 is 23.5 Å². The number of anilines is 1. The lowest BCUT2D eigenvalue weighted by atomic mass is 10.2. The number of nitrogens with one attached hydrogen (secondary N) is 1. The molecule has 2 aromatic carbocycles. The van der Waals surface area contributed by atoms with Crippen molar-refractivity contribution < 1.29 is 4.79 Å². The molecule has 1 amide bonds. The van der Waals surface area contributed by atoms with Crippen LogP contribution in [0.3, 0.4) is 0 Å². The smallest absolute Gasteiger partial charge is 0.235 e. The van der Waals surface area contributed by atoms with E-state index in [1.54, 1.807) is 4.68 Å². The molecule has 4 aromatic rings. The summed E-state index contributed by atoms with van der Waals surface area (Å²) in [4.78, 5) is 12.9. The van der Waals surface area contributed by atoms with Crippen molar-refractivity contribution in [2.45, 2.75) is 32.5 Å². The van der Waals surface area contributed by atoms with Gasteiger partial charge >= 0.3 is 0 Å². The Bertz CT molecular complexity index is 1330. The minimum absolute atomic E-state index is 0.103. The highest BCUT2D eigenvalue weighted by atomic mass is 32.2. The van der Waals surface area contributed by atoms with Gasteiger partial charge in [0.1, 0.15) is 11.9 Å². The number of amides is 1. The second kappa shape index (κ2) is 9.71. The Balaban J connectivity index is 1.52. The minimum atomic E-state index is -0.234. The molecule has 1 N–H and O–H groups in total. The first kappa shape index (κ1) is 22.3. The van der Waals surface area contributed by atoms with E-state index in [1.807, 2.05) is 79.9 Å². The summed E-state index contributed by atoms with van der Waals surface area (Å²) in [6, 6.07) is 20.0. The number of thioether (sulfide) groups is 1. The molecule has 33 heavy (non-hydrogen) atoms. The first-order valence-corrected chi connectivity index (χ1v) is 11.4. The average molecular weight is 458 g/mol. The van der Waals surface area contributed by atoms with Crippen LogP contribution in [0, 0.1) is 32.1 Å². The molecule has 0 spiro atoms. The van der Waals surface area contributed by atoms with Crippen LogP contribution in [0.15, 0.2) is 59.8 Å². The summed E-state index contributed by atoms with van der Waals surface area (Å²) in [5.41, 5.74) is 5.29. The first-order valence-electron chi connectivity index (χ1n) is 10.4. The molecule has 0 aliphatic heterocycles. The van der Waals surface area contributed by atoms with Crippen LogP contribution >= 0.6 is 11.8 Å². The molecule has 2 aromatic heterocycles. The van der Waals surface area contributed by atoms with Gasteiger partial charge in [0.2, 0.25) is 11.1 Å². The van der Waals surface area contributed by atoms with Gasteiger partial charge in [-0.2, -0.15) is 9.94 Å². The molecule has 0 aliphatic rings. The quantitative estimate of drug-likeness (QED) is 0.420. The highest BCUT2D eigenvalue weighted by Crippen LogP contribution is 2.28. The fourth-order valence-corrected chi connectivity index (χ4v) is 4.27. The molecule has 9 heteroatoms. The zero-order chi connectivity index (χ0) is 23.4. The normalized spacial score (nSPS) is 10.7. The number of hydrogen-bond acceptors (Lipinski definition) is 6. The molecular formula is C24H23N7OS. The number of benzene rings is 2. The summed E-state index contributed by atoms with van der Waals surface area (Å²) in [7, 11) is 0. The Morgan fingerprint density at radius 1 is 1.12 bits per heavy atom. The monoisotopic (exact) mass is 457 g/mol. The van der Waals surface area contributed by atoms with E-state index < -0.39 is 0 Å². The van der Waals surface area contributed by atoms with Gasteiger partial charge in [0.15, 0.2) is 0 Å². The molecule has 0 saturated heterocycles. The number of nitrogens with zero attached hydrogens (tertiary/aromatic N) is 6. The van der Waals surface area contributed by atoms with Crippen LogP contribution in [0.4, 0.5) is 5.82 Å². The topological polar surface area (TPSA) is 101 Å². The Morgan fingerprint density at radius 3 is 2.64 bits per heavy atom. The van der Waals surface area contributed by atoms with Crippen LogP contribution in [0.1, 0.15) is 27.9 Å². The number of hydrogen-bond donors (Lipinski definition) is 1. The predicted molar refractivity (Wildman–Crippen MR) is 127 cm³/mol. The summed E-state index contributed by atoms with van der Waals surface area (Å²) in [5.74, 6) is 0.383. The summed E-state index contributed by atoms with van der Waals surface area (Å²) < 4.78 is 3.58. The van der Waals surface area contributed by atoms with Gasteiger partial charge in [0.25, 0.3) is 0 Å². The standard InChI is InChI=1S/C24H23N7OS/c1-16-8-7-11-20(12-16)31-24(27-28-29-31)33-15-22(32)26-23-21(13-25)17(2)18(3)30(23)14-19-9-5-4-6-10-19/h4-12H,14-15H2,1-3H3,(H,26,32). The molecular weight excluding hydrogens is 434 g/mol. The average Bonchev–Trinajstić information content (AvgIpc) is 3.37. The molecule has 0 radical (unpaired) electrons. The summed E-state index contributed by atoms with van der Waals surface area (Å²) in [6.07, 6.45) is 0. The summed E-state index contributed by atoms with van der Waals surface area (Å²) >= 11 is 1.24. The van der Waals surface area contributed by atoms with Crippen LogP contribution < -0.4 is 5.32 Å². The van der Waals surface area contributed by atoms with Crippen molar-refractivity contribution in [3.63, 3.8) is 0 Å². The lowest BCUT2D eigenvalue weighted by Gasteiger charge is -2.13. The zero-order valence-electron chi connectivity index (χ0n) is 18.6. The van der Waals surface area contributed by atoms with Crippen molar-refractivity contribution in [2.75, 3.05) is 11.1 Å². The van der Waals surface area contributed by atoms with E-state index in [4.69, 9.17) is 0 Å². The van der Waals surface area contributed by atoms with Crippen LogP contribution in [-0.4, -0.2) is 36.4 Å². The molecule has 0 saturated carbocycles. The second-order valence-electron chi connectivity index (χ2n) is 7.67. The van der Waals surface area contributed by atoms with Gasteiger partial charge in [0.05, 0.1) is 17.0 Å². The lowest BCUT2D eigenvalue weighted by Crippen LogP contribution is -2.19. The maximum Gasteiger partial charge on any atom is 0.235 e. The maximum absolute atomic E-state index is 12.9. The molecule has 4 rings (SSSR count). The van der Waals surface area contributed by atoms with E-state index in [2.05, 4.69) is 26.9 Å². The van der Waals surface area contributed by atoms with Crippen LogP contribution in [-0.2, 0) is 11.3 Å². The zero-order valence-corrected chi connectivity index (χ0v) is 19.4. The fraction of sp³-hybridized carbons (Fsp3) is 0.208. The molecule has 166 valence electrons. The van der Waals surface area contributed by atoms with Crippen LogP contribution in [0.5, 0.6) is 0 Å². The van der Waals surface area contributed by atoms with Gasteiger partial charge in [-0.25, -0.2) is 0 Å². The Labute approximate surface area is 196 Å². The third-order valence-corrected chi connectivity index (χ3v) is 6.32. The Kier molecular flexibility index (Phi) is 6.56. The molecule has 8 nitrogen and oxygen atoms in total. The number of nitriles is 1. The molecule has 0 aliphatic carbocycles. The number of aromatic nitrogens is 5. The van der Waals surface area contributed by atoms with Gasteiger partial charge in [-0.1, -0.05) is 54.2 Å². The highest BCUT2D eigenvalue weighted by molar-refractivity contribution is 7.99. The van der Waals surface area contributed by atoms with Gasteiger partial charge < -0.3 is 9.88 Å². The molecule has 0 bridgehead atoms. The third-order valence-electron chi connectivity index (χ3n) is 5.40. The molecule has 2 heterocycles.